The minimum atomic E-state index is 0.935. The van der Waals surface area contributed by atoms with Crippen molar-refractivity contribution in [1.29, 1.82) is 0 Å². The standard InChI is InChI=1S/C8H16S/c1-7-2-4-8(6-9)5-3-7/h7-9H,2-6H2,1H3. The molecule has 1 saturated carbocycles. The normalized spacial score (nSPS) is 36.7. The van der Waals surface area contributed by atoms with Crippen molar-refractivity contribution in [2.24, 2.45) is 11.8 Å². The molecular formula is C8H16S. The van der Waals surface area contributed by atoms with Crippen LogP contribution in [0.15, 0.2) is 0 Å². The lowest BCUT2D eigenvalue weighted by Crippen LogP contribution is -2.12. The summed E-state index contributed by atoms with van der Waals surface area (Å²) in [4.78, 5) is 0. The Hall–Kier alpha value is 0.350. The van der Waals surface area contributed by atoms with Crippen LogP contribution in [-0.2, 0) is 0 Å². The van der Waals surface area contributed by atoms with Crippen LogP contribution in [0.2, 0.25) is 0 Å². The van der Waals surface area contributed by atoms with Gasteiger partial charge in [-0.15, -0.1) is 0 Å². The molecule has 1 heteroatoms. The smallest absolute Gasteiger partial charge is 0.00695 e. The Balaban J connectivity index is 2.18. The van der Waals surface area contributed by atoms with Crippen LogP contribution in [0.1, 0.15) is 32.6 Å². The number of thiol groups is 1. The molecule has 0 atom stereocenters. The van der Waals surface area contributed by atoms with E-state index in [9.17, 15) is 0 Å². The average molecular weight is 144 g/mol. The zero-order valence-electron chi connectivity index (χ0n) is 6.14. The lowest BCUT2D eigenvalue weighted by Gasteiger charge is -2.24. The summed E-state index contributed by atoms with van der Waals surface area (Å²) in [7, 11) is 0. The molecule has 0 aromatic heterocycles. The fourth-order valence-corrected chi connectivity index (χ4v) is 1.88. The molecule has 0 aromatic rings. The highest BCUT2D eigenvalue weighted by atomic mass is 32.1. The molecule has 0 bridgehead atoms. The first-order valence-corrected chi connectivity index (χ1v) is 4.57. The van der Waals surface area contributed by atoms with Gasteiger partial charge in [-0.2, -0.15) is 12.6 Å². The van der Waals surface area contributed by atoms with Crippen molar-refractivity contribution in [3.8, 4) is 0 Å². The molecule has 9 heavy (non-hydrogen) atoms. The Labute approximate surface area is 63.4 Å². The maximum absolute atomic E-state index is 4.29. The Kier molecular flexibility index (Phi) is 2.90. The van der Waals surface area contributed by atoms with Crippen molar-refractivity contribution in [3.63, 3.8) is 0 Å². The topological polar surface area (TPSA) is 0 Å². The molecule has 0 spiro atoms. The van der Waals surface area contributed by atoms with Crippen molar-refractivity contribution >= 4 is 12.6 Å². The molecule has 0 unspecified atom stereocenters. The van der Waals surface area contributed by atoms with Crippen molar-refractivity contribution in [3.05, 3.63) is 0 Å². The molecule has 1 aliphatic rings. The summed E-state index contributed by atoms with van der Waals surface area (Å²) in [5, 5.41) is 0. The molecule has 0 saturated heterocycles. The third-order valence-electron chi connectivity index (χ3n) is 2.39. The molecule has 0 amide bonds. The highest BCUT2D eigenvalue weighted by Crippen LogP contribution is 2.28. The summed E-state index contributed by atoms with van der Waals surface area (Å²) in [6.45, 7) is 2.36. The van der Waals surface area contributed by atoms with Crippen LogP contribution >= 0.6 is 12.6 Å². The van der Waals surface area contributed by atoms with Gasteiger partial charge in [-0.05, 0) is 30.4 Å². The van der Waals surface area contributed by atoms with Crippen molar-refractivity contribution < 1.29 is 0 Å². The Morgan fingerprint density at radius 2 is 1.78 bits per heavy atom. The fourth-order valence-electron chi connectivity index (χ4n) is 1.51. The second-order valence-corrected chi connectivity index (χ2v) is 3.67. The monoisotopic (exact) mass is 144 g/mol. The van der Waals surface area contributed by atoms with E-state index in [1.165, 1.54) is 25.7 Å². The summed E-state index contributed by atoms with van der Waals surface area (Å²) in [5.74, 6) is 3.03. The molecule has 1 aliphatic carbocycles. The summed E-state index contributed by atoms with van der Waals surface area (Å²) < 4.78 is 0. The third kappa shape index (κ3) is 2.21. The summed E-state index contributed by atoms with van der Waals surface area (Å²) in [6, 6.07) is 0. The first kappa shape index (κ1) is 7.46. The van der Waals surface area contributed by atoms with Gasteiger partial charge in [0.05, 0.1) is 0 Å². The molecule has 0 aromatic carbocycles. The van der Waals surface area contributed by atoms with Crippen molar-refractivity contribution in [2.75, 3.05) is 5.75 Å². The first-order valence-electron chi connectivity index (χ1n) is 3.93. The molecule has 0 nitrogen and oxygen atoms in total. The van der Waals surface area contributed by atoms with Crippen LogP contribution in [0.4, 0.5) is 0 Å². The van der Waals surface area contributed by atoms with Gasteiger partial charge in [0.2, 0.25) is 0 Å². The van der Waals surface area contributed by atoms with Gasteiger partial charge in [-0.1, -0.05) is 19.8 Å². The molecule has 1 rings (SSSR count). The lowest BCUT2D eigenvalue weighted by molar-refractivity contribution is 0.312. The van der Waals surface area contributed by atoms with Gasteiger partial charge < -0.3 is 0 Å². The predicted molar refractivity (Wildman–Crippen MR) is 45.0 cm³/mol. The zero-order chi connectivity index (χ0) is 6.69. The lowest BCUT2D eigenvalue weighted by atomic mass is 9.84. The van der Waals surface area contributed by atoms with Gasteiger partial charge in [-0.3, -0.25) is 0 Å². The van der Waals surface area contributed by atoms with Crippen LogP contribution in [0.3, 0.4) is 0 Å². The van der Waals surface area contributed by atoms with Crippen molar-refractivity contribution in [2.45, 2.75) is 32.6 Å². The number of hydrogen-bond acceptors (Lipinski definition) is 1. The number of rotatable bonds is 1. The minimum Gasteiger partial charge on any atom is -0.179 e. The van der Waals surface area contributed by atoms with Gasteiger partial charge >= 0.3 is 0 Å². The molecule has 1 fully saturated rings. The van der Waals surface area contributed by atoms with E-state index < -0.39 is 0 Å². The maximum Gasteiger partial charge on any atom is -0.00695 e. The van der Waals surface area contributed by atoms with Crippen LogP contribution in [0.25, 0.3) is 0 Å². The highest BCUT2D eigenvalue weighted by Gasteiger charge is 2.15. The van der Waals surface area contributed by atoms with Crippen LogP contribution in [-0.4, -0.2) is 5.75 Å². The minimum absolute atomic E-state index is 0.935. The van der Waals surface area contributed by atoms with Crippen LogP contribution in [0, 0.1) is 11.8 Å². The SMILES string of the molecule is CC1CCC(CS)CC1. The molecule has 54 valence electrons. The number of hydrogen-bond donors (Lipinski definition) is 1. The van der Waals surface area contributed by atoms with Gasteiger partial charge in [0.1, 0.15) is 0 Å². The van der Waals surface area contributed by atoms with E-state index in [1.807, 2.05) is 0 Å². The van der Waals surface area contributed by atoms with Gasteiger partial charge in [0, 0.05) is 0 Å². The summed E-state index contributed by atoms with van der Waals surface area (Å²) in [6.07, 6.45) is 5.71. The van der Waals surface area contributed by atoms with E-state index in [4.69, 9.17) is 0 Å². The zero-order valence-corrected chi connectivity index (χ0v) is 7.03. The van der Waals surface area contributed by atoms with E-state index in [2.05, 4.69) is 19.6 Å². The first-order chi connectivity index (χ1) is 4.33. The second kappa shape index (κ2) is 3.50. The van der Waals surface area contributed by atoms with Crippen LogP contribution in [0.5, 0.6) is 0 Å². The molecule has 0 heterocycles. The van der Waals surface area contributed by atoms with Crippen molar-refractivity contribution in [1.82, 2.24) is 0 Å². The fraction of sp³-hybridized carbons (Fsp3) is 1.00. The average Bonchev–Trinajstić information content (AvgIpc) is 1.90. The van der Waals surface area contributed by atoms with Crippen LogP contribution < -0.4 is 0 Å². The molecule has 0 radical (unpaired) electrons. The van der Waals surface area contributed by atoms with E-state index in [1.54, 1.807) is 0 Å². The maximum atomic E-state index is 4.29. The molecular weight excluding hydrogens is 128 g/mol. The van der Waals surface area contributed by atoms with E-state index in [0.29, 0.717) is 0 Å². The Morgan fingerprint density at radius 1 is 1.22 bits per heavy atom. The van der Waals surface area contributed by atoms with Gasteiger partial charge in [-0.25, -0.2) is 0 Å². The summed E-state index contributed by atoms with van der Waals surface area (Å²) in [5.41, 5.74) is 0. The Bertz CT molecular complexity index is 72.6. The van der Waals surface area contributed by atoms with E-state index in [-0.39, 0.29) is 0 Å². The van der Waals surface area contributed by atoms with Gasteiger partial charge in [0.15, 0.2) is 0 Å². The molecule has 0 aliphatic heterocycles. The van der Waals surface area contributed by atoms with E-state index >= 15 is 0 Å². The molecule has 0 N–H and O–H groups in total. The highest BCUT2D eigenvalue weighted by molar-refractivity contribution is 7.80. The van der Waals surface area contributed by atoms with E-state index in [0.717, 1.165) is 17.6 Å². The second-order valence-electron chi connectivity index (χ2n) is 3.31. The van der Waals surface area contributed by atoms with Gasteiger partial charge in [0.25, 0.3) is 0 Å². The Morgan fingerprint density at radius 3 is 2.22 bits per heavy atom. The summed E-state index contributed by atoms with van der Waals surface area (Å²) >= 11 is 4.29. The quantitative estimate of drug-likeness (QED) is 0.537. The largest absolute Gasteiger partial charge is 0.179 e. The predicted octanol–water partition coefficient (Wildman–Crippen LogP) is 2.74. The third-order valence-corrected chi connectivity index (χ3v) is 2.91.